The van der Waals surface area contributed by atoms with E-state index in [0.29, 0.717) is 11.4 Å². The van der Waals surface area contributed by atoms with Crippen molar-refractivity contribution in [2.75, 3.05) is 35.7 Å². The van der Waals surface area contributed by atoms with Gasteiger partial charge in [-0.15, -0.1) is 0 Å². The second-order valence-corrected chi connectivity index (χ2v) is 8.01. The van der Waals surface area contributed by atoms with Crippen molar-refractivity contribution >= 4 is 34.8 Å². The second kappa shape index (κ2) is 9.09. The lowest BCUT2D eigenvalue weighted by Crippen LogP contribution is -3.11. The summed E-state index contributed by atoms with van der Waals surface area (Å²) in [6, 6.07) is 12.9. The van der Waals surface area contributed by atoms with Crippen LogP contribution in [0.3, 0.4) is 0 Å². The summed E-state index contributed by atoms with van der Waals surface area (Å²) in [5, 5.41) is 5.82. The predicted molar refractivity (Wildman–Crippen MR) is 118 cm³/mol. The Labute approximate surface area is 177 Å². The molecule has 2 aromatic carbocycles. The predicted octanol–water partition coefficient (Wildman–Crippen LogP) is 1.52. The van der Waals surface area contributed by atoms with Gasteiger partial charge in [0.05, 0.1) is 18.4 Å². The van der Waals surface area contributed by atoms with Crippen molar-refractivity contribution in [1.29, 1.82) is 0 Å². The molecular weight excluding hydrogens is 380 g/mol. The minimum Gasteiger partial charge on any atom is -0.324 e. The Kier molecular flexibility index (Phi) is 6.52. The monoisotopic (exact) mass is 409 g/mol. The van der Waals surface area contributed by atoms with Gasteiger partial charge in [-0.25, -0.2) is 0 Å². The molecule has 3 amide bonds. The Hall–Kier alpha value is -3.19. The largest absolute Gasteiger partial charge is 0.324 e. The maximum Gasteiger partial charge on any atom is 0.282 e. The number of para-hydroxylation sites is 3. The molecule has 0 aliphatic carbocycles. The molecule has 1 aliphatic heterocycles. The van der Waals surface area contributed by atoms with Gasteiger partial charge in [0.2, 0.25) is 5.91 Å². The Bertz CT molecular complexity index is 952. The molecule has 1 heterocycles. The second-order valence-electron chi connectivity index (χ2n) is 8.01. The van der Waals surface area contributed by atoms with E-state index in [0.717, 1.165) is 21.7 Å². The van der Waals surface area contributed by atoms with Crippen LogP contribution in [0.2, 0.25) is 0 Å². The number of fused-ring (bicyclic) bond motifs is 1. The van der Waals surface area contributed by atoms with Crippen LogP contribution >= 0.6 is 0 Å². The summed E-state index contributed by atoms with van der Waals surface area (Å²) in [5.41, 5.74) is 4.15. The highest BCUT2D eigenvalue weighted by molar-refractivity contribution is 6.04. The molecular formula is C23H29N4O3+. The number of carbonyl (C=O) groups excluding carboxylic acids is 3. The number of nitrogens with zero attached hydrogens (tertiary/aromatic N) is 1. The van der Waals surface area contributed by atoms with Crippen LogP contribution in [0.5, 0.6) is 0 Å². The van der Waals surface area contributed by atoms with E-state index in [9.17, 15) is 14.4 Å². The van der Waals surface area contributed by atoms with Gasteiger partial charge < -0.3 is 20.4 Å². The Balaban J connectivity index is 1.68. The van der Waals surface area contributed by atoms with Crippen LogP contribution in [0.1, 0.15) is 24.5 Å². The fourth-order valence-corrected chi connectivity index (χ4v) is 3.84. The zero-order valence-corrected chi connectivity index (χ0v) is 17.9. The van der Waals surface area contributed by atoms with Gasteiger partial charge in [0.25, 0.3) is 11.8 Å². The molecule has 2 atom stereocenters. The average molecular weight is 410 g/mol. The Morgan fingerprint density at radius 2 is 1.77 bits per heavy atom. The number of carbonyl (C=O) groups is 3. The summed E-state index contributed by atoms with van der Waals surface area (Å²) < 4.78 is 0. The van der Waals surface area contributed by atoms with E-state index in [2.05, 4.69) is 10.6 Å². The van der Waals surface area contributed by atoms with Gasteiger partial charge in [0, 0.05) is 18.2 Å². The number of rotatable bonds is 5. The van der Waals surface area contributed by atoms with Crippen molar-refractivity contribution in [3.05, 3.63) is 53.6 Å². The summed E-state index contributed by atoms with van der Waals surface area (Å²) in [5.74, 6) is -0.374. The SMILES string of the molecule is Cc1cccc(C)c1NC(=O)C[NH+](C)CC(=O)N1c2ccccc2NC(=O)C[C@H]1C. The number of hydrogen-bond acceptors (Lipinski definition) is 3. The first-order valence-corrected chi connectivity index (χ1v) is 10.1. The maximum absolute atomic E-state index is 13.1. The van der Waals surface area contributed by atoms with Crippen LogP contribution in [0.25, 0.3) is 0 Å². The third kappa shape index (κ3) is 4.86. The van der Waals surface area contributed by atoms with Crippen LogP contribution in [-0.4, -0.2) is 43.9 Å². The number of anilines is 3. The molecule has 30 heavy (non-hydrogen) atoms. The first-order valence-electron chi connectivity index (χ1n) is 10.1. The van der Waals surface area contributed by atoms with Gasteiger partial charge in [0.15, 0.2) is 13.1 Å². The van der Waals surface area contributed by atoms with Crippen molar-refractivity contribution in [1.82, 2.24) is 0 Å². The highest BCUT2D eigenvalue weighted by atomic mass is 16.2. The number of amides is 3. The number of quaternary nitrogens is 1. The van der Waals surface area contributed by atoms with Gasteiger partial charge in [-0.2, -0.15) is 0 Å². The fourth-order valence-electron chi connectivity index (χ4n) is 3.84. The molecule has 2 aromatic rings. The molecule has 3 N–H and O–H groups in total. The molecule has 0 saturated carbocycles. The van der Waals surface area contributed by atoms with Crippen LogP contribution in [-0.2, 0) is 14.4 Å². The van der Waals surface area contributed by atoms with Gasteiger partial charge in [-0.1, -0.05) is 30.3 Å². The van der Waals surface area contributed by atoms with Crippen molar-refractivity contribution in [3.8, 4) is 0 Å². The van der Waals surface area contributed by atoms with Crippen molar-refractivity contribution in [3.63, 3.8) is 0 Å². The Morgan fingerprint density at radius 3 is 2.47 bits per heavy atom. The van der Waals surface area contributed by atoms with Crippen molar-refractivity contribution in [2.24, 2.45) is 0 Å². The summed E-state index contributed by atoms with van der Waals surface area (Å²) >= 11 is 0. The number of likely N-dealkylation sites (N-methyl/N-ethyl adjacent to an activating group) is 1. The molecule has 3 rings (SSSR count). The zero-order valence-electron chi connectivity index (χ0n) is 17.9. The van der Waals surface area contributed by atoms with Gasteiger partial charge in [-0.05, 0) is 44.0 Å². The third-order valence-electron chi connectivity index (χ3n) is 5.29. The average Bonchev–Trinajstić information content (AvgIpc) is 2.78. The van der Waals surface area contributed by atoms with E-state index in [-0.39, 0.29) is 43.3 Å². The number of aryl methyl sites for hydroxylation is 2. The lowest BCUT2D eigenvalue weighted by molar-refractivity contribution is -0.862. The minimum absolute atomic E-state index is 0.112. The summed E-state index contributed by atoms with van der Waals surface area (Å²) in [7, 11) is 1.82. The summed E-state index contributed by atoms with van der Waals surface area (Å²) in [4.78, 5) is 40.2. The van der Waals surface area contributed by atoms with E-state index >= 15 is 0 Å². The van der Waals surface area contributed by atoms with Crippen LogP contribution in [0.15, 0.2) is 42.5 Å². The lowest BCUT2D eigenvalue weighted by atomic mass is 10.1. The molecule has 0 bridgehead atoms. The molecule has 158 valence electrons. The highest BCUT2D eigenvalue weighted by Crippen LogP contribution is 2.31. The number of nitrogens with one attached hydrogen (secondary N) is 3. The van der Waals surface area contributed by atoms with E-state index in [1.54, 1.807) is 11.0 Å². The van der Waals surface area contributed by atoms with Gasteiger partial charge in [-0.3, -0.25) is 14.4 Å². The molecule has 0 spiro atoms. The third-order valence-corrected chi connectivity index (χ3v) is 5.29. The van der Waals surface area contributed by atoms with E-state index < -0.39 is 0 Å². The van der Waals surface area contributed by atoms with Crippen LogP contribution < -0.4 is 20.4 Å². The minimum atomic E-state index is -0.266. The molecule has 7 heteroatoms. The van der Waals surface area contributed by atoms with Gasteiger partial charge in [0.1, 0.15) is 0 Å². The first-order chi connectivity index (χ1) is 14.3. The first kappa shape index (κ1) is 21.5. The molecule has 7 nitrogen and oxygen atoms in total. The molecule has 0 fully saturated rings. The van der Waals surface area contributed by atoms with E-state index in [1.807, 2.05) is 64.2 Å². The fraction of sp³-hybridized carbons (Fsp3) is 0.348. The van der Waals surface area contributed by atoms with E-state index in [4.69, 9.17) is 0 Å². The van der Waals surface area contributed by atoms with Gasteiger partial charge >= 0.3 is 0 Å². The molecule has 0 aromatic heterocycles. The summed E-state index contributed by atoms with van der Waals surface area (Å²) in [6.07, 6.45) is 0.229. The molecule has 1 unspecified atom stereocenters. The maximum atomic E-state index is 13.1. The quantitative estimate of drug-likeness (QED) is 0.700. The van der Waals surface area contributed by atoms with Crippen molar-refractivity contribution < 1.29 is 19.3 Å². The molecule has 0 saturated heterocycles. The topological polar surface area (TPSA) is 82.9 Å². The highest BCUT2D eigenvalue weighted by Gasteiger charge is 2.31. The molecule has 0 radical (unpaired) electrons. The zero-order chi connectivity index (χ0) is 21.8. The normalized spacial score (nSPS) is 16.9. The lowest BCUT2D eigenvalue weighted by Gasteiger charge is -2.28. The van der Waals surface area contributed by atoms with Crippen LogP contribution in [0.4, 0.5) is 17.1 Å². The number of benzene rings is 2. The smallest absolute Gasteiger partial charge is 0.282 e. The molecule has 1 aliphatic rings. The standard InChI is InChI=1S/C23H28N4O3/c1-15-8-7-9-16(2)23(15)25-21(29)13-26(4)14-22(30)27-17(3)12-20(28)24-18-10-5-6-11-19(18)27/h5-11,17H,12-14H2,1-4H3,(H,24,28)(H,25,29)/p+1/t17-/m1/s1. The van der Waals surface area contributed by atoms with E-state index in [1.165, 1.54) is 0 Å². The van der Waals surface area contributed by atoms with Crippen LogP contribution in [0, 0.1) is 13.8 Å². The number of hydrogen-bond donors (Lipinski definition) is 3. The Morgan fingerprint density at radius 1 is 1.10 bits per heavy atom. The van der Waals surface area contributed by atoms with Crippen molar-refractivity contribution in [2.45, 2.75) is 33.2 Å². The summed E-state index contributed by atoms with van der Waals surface area (Å²) in [6.45, 7) is 6.09.